The largest absolute Gasteiger partial charge is 0.312 e. The van der Waals surface area contributed by atoms with Crippen molar-refractivity contribution >= 4 is 22.7 Å². The van der Waals surface area contributed by atoms with E-state index in [0.29, 0.717) is 6.04 Å². The van der Waals surface area contributed by atoms with Crippen molar-refractivity contribution in [3.63, 3.8) is 0 Å². The molecule has 0 amide bonds. The van der Waals surface area contributed by atoms with Gasteiger partial charge in [-0.05, 0) is 25.6 Å². The number of aromatic nitrogens is 1. The zero-order chi connectivity index (χ0) is 11.4. The van der Waals surface area contributed by atoms with Crippen molar-refractivity contribution < 1.29 is 0 Å². The molecule has 0 aliphatic heterocycles. The van der Waals surface area contributed by atoms with Gasteiger partial charge in [-0.25, -0.2) is 0 Å². The smallest absolute Gasteiger partial charge is 0.0794 e. The first-order valence-corrected chi connectivity index (χ1v) is 7.16. The predicted octanol–water partition coefficient (Wildman–Crippen LogP) is 3.27. The van der Waals surface area contributed by atoms with Crippen LogP contribution in [-0.2, 0) is 12.8 Å². The normalized spacial score (nSPS) is 12.9. The zero-order valence-corrected chi connectivity index (χ0v) is 11.2. The van der Waals surface area contributed by atoms with Gasteiger partial charge >= 0.3 is 0 Å². The highest BCUT2D eigenvalue weighted by atomic mass is 32.1. The Hall–Kier alpha value is -0.710. The molecule has 0 radical (unpaired) electrons. The molecule has 2 rings (SSSR count). The Bertz CT molecular complexity index is 420. The molecule has 2 aromatic heterocycles. The number of nitrogens with one attached hydrogen (secondary N) is 1. The summed E-state index contributed by atoms with van der Waals surface area (Å²) >= 11 is 3.64. The topological polar surface area (TPSA) is 24.9 Å². The second-order valence-corrected chi connectivity index (χ2v) is 5.84. The summed E-state index contributed by atoms with van der Waals surface area (Å²) in [6.07, 6.45) is 4.15. The fourth-order valence-corrected chi connectivity index (χ4v) is 3.40. The molecule has 2 aromatic rings. The molecule has 1 atom stereocenters. The van der Waals surface area contributed by atoms with E-state index >= 15 is 0 Å². The molecule has 0 bridgehead atoms. The Morgan fingerprint density at radius 2 is 2.19 bits per heavy atom. The second-order valence-electron chi connectivity index (χ2n) is 3.67. The van der Waals surface area contributed by atoms with Gasteiger partial charge in [0, 0.05) is 33.3 Å². The molecule has 2 heterocycles. The second kappa shape index (κ2) is 5.57. The lowest BCUT2D eigenvalue weighted by Gasteiger charge is -2.12. The molecule has 0 aliphatic rings. The first-order valence-electron chi connectivity index (χ1n) is 5.46. The molecule has 2 nitrogen and oxygen atoms in total. The molecule has 4 heteroatoms. The highest BCUT2D eigenvalue weighted by Crippen LogP contribution is 2.25. The van der Waals surface area contributed by atoms with E-state index in [1.54, 1.807) is 11.3 Å². The van der Waals surface area contributed by atoms with Crippen molar-refractivity contribution in [2.24, 2.45) is 0 Å². The van der Waals surface area contributed by atoms with Gasteiger partial charge in [0.15, 0.2) is 0 Å². The van der Waals surface area contributed by atoms with Crippen molar-refractivity contribution in [2.75, 3.05) is 7.05 Å². The third-order valence-corrected chi connectivity index (χ3v) is 4.76. The van der Waals surface area contributed by atoms with Gasteiger partial charge in [0.05, 0.1) is 5.51 Å². The highest BCUT2D eigenvalue weighted by molar-refractivity contribution is 7.12. The van der Waals surface area contributed by atoms with Crippen LogP contribution in [0.25, 0.3) is 0 Å². The van der Waals surface area contributed by atoms with Crippen molar-refractivity contribution in [3.05, 3.63) is 38.5 Å². The molecule has 0 aromatic carbocycles. The number of rotatable bonds is 5. The van der Waals surface area contributed by atoms with E-state index in [9.17, 15) is 0 Å². The van der Waals surface area contributed by atoms with Crippen molar-refractivity contribution in [1.82, 2.24) is 10.3 Å². The molecule has 0 spiro atoms. The fraction of sp³-hybridized carbons (Fsp3) is 0.417. The lowest BCUT2D eigenvalue weighted by Crippen LogP contribution is -2.17. The molecule has 16 heavy (non-hydrogen) atoms. The number of aryl methyl sites for hydroxylation is 1. The molecule has 0 saturated carbocycles. The number of hydrogen-bond donors (Lipinski definition) is 1. The van der Waals surface area contributed by atoms with E-state index in [4.69, 9.17) is 0 Å². The van der Waals surface area contributed by atoms with Crippen LogP contribution in [0, 0.1) is 0 Å². The molecule has 0 aliphatic carbocycles. The van der Waals surface area contributed by atoms with Crippen LogP contribution in [0.2, 0.25) is 0 Å². The monoisotopic (exact) mass is 252 g/mol. The van der Waals surface area contributed by atoms with Gasteiger partial charge in [-0.1, -0.05) is 6.92 Å². The van der Waals surface area contributed by atoms with E-state index in [2.05, 4.69) is 29.4 Å². The average molecular weight is 252 g/mol. The number of thiophene rings is 1. The fourth-order valence-electron chi connectivity index (χ4n) is 1.67. The van der Waals surface area contributed by atoms with Gasteiger partial charge in [0.25, 0.3) is 0 Å². The number of nitrogens with zero attached hydrogens (tertiary/aromatic N) is 1. The Balaban J connectivity index is 2.07. The third kappa shape index (κ3) is 2.70. The lowest BCUT2D eigenvalue weighted by molar-refractivity contribution is 0.606. The van der Waals surface area contributed by atoms with E-state index in [1.165, 1.54) is 14.6 Å². The summed E-state index contributed by atoms with van der Waals surface area (Å²) in [6.45, 7) is 2.20. The van der Waals surface area contributed by atoms with Crippen molar-refractivity contribution in [1.29, 1.82) is 0 Å². The Labute approximate surface area is 104 Å². The van der Waals surface area contributed by atoms with Crippen molar-refractivity contribution in [3.8, 4) is 0 Å². The maximum absolute atomic E-state index is 4.14. The van der Waals surface area contributed by atoms with Crippen LogP contribution in [0.4, 0.5) is 0 Å². The van der Waals surface area contributed by atoms with E-state index in [0.717, 1.165) is 12.8 Å². The predicted molar refractivity (Wildman–Crippen MR) is 71.3 cm³/mol. The summed E-state index contributed by atoms with van der Waals surface area (Å²) in [5, 5.41) is 3.36. The average Bonchev–Trinajstić information content (AvgIpc) is 2.96. The third-order valence-electron chi connectivity index (χ3n) is 2.61. The van der Waals surface area contributed by atoms with Gasteiger partial charge in [0.1, 0.15) is 0 Å². The van der Waals surface area contributed by atoms with Gasteiger partial charge < -0.3 is 5.32 Å². The summed E-state index contributed by atoms with van der Waals surface area (Å²) < 4.78 is 0. The minimum Gasteiger partial charge on any atom is -0.312 e. The molecule has 0 saturated heterocycles. The summed E-state index contributed by atoms with van der Waals surface area (Å²) in [5.41, 5.74) is 1.89. The first kappa shape index (κ1) is 11.8. The Morgan fingerprint density at radius 3 is 2.75 bits per heavy atom. The first-order chi connectivity index (χ1) is 7.83. The summed E-state index contributed by atoms with van der Waals surface area (Å²) in [6, 6.07) is 4.88. The highest BCUT2D eigenvalue weighted by Gasteiger charge is 2.12. The quantitative estimate of drug-likeness (QED) is 0.883. The van der Waals surface area contributed by atoms with Crippen molar-refractivity contribution in [2.45, 2.75) is 25.8 Å². The van der Waals surface area contributed by atoms with Crippen LogP contribution in [0.5, 0.6) is 0 Å². The van der Waals surface area contributed by atoms with Gasteiger partial charge in [0.2, 0.25) is 0 Å². The summed E-state index contributed by atoms with van der Waals surface area (Å²) in [7, 11) is 2.01. The van der Waals surface area contributed by atoms with Gasteiger partial charge in [-0.3, -0.25) is 4.98 Å². The standard InChI is InChI=1S/C12H16N2S2/c1-3-9-4-5-10(16-9)6-11(13-2)12-7-14-8-15-12/h4-5,7-8,11,13H,3,6H2,1-2H3. The van der Waals surface area contributed by atoms with E-state index in [1.807, 2.05) is 30.1 Å². The molecular formula is C12H16N2S2. The SMILES string of the molecule is CCc1ccc(CC(NC)c2cncs2)s1. The molecule has 86 valence electrons. The maximum Gasteiger partial charge on any atom is 0.0794 e. The van der Waals surface area contributed by atoms with Gasteiger partial charge in [-0.15, -0.1) is 22.7 Å². The Kier molecular flexibility index (Phi) is 4.09. The van der Waals surface area contributed by atoms with Crippen LogP contribution >= 0.6 is 22.7 Å². The number of likely N-dealkylation sites (N-methyl/N-ethyl adjacent to an activating group) is 1. The molecule has 0 fully saturated rings. The van der Waals surface area contributed by atoms with Crippen LogP contribution in [0.1, 0.15) is 27.6 Å². The molecular weight excluding hydrogens is 236 g/mol. The molecule has 1 N–H and O–H groups in total. The number of thiazole rings is 1. The van der Waals surface area contributed by atoms with E-state index < -0.39 is 0 Å². The maximum atomic E-state index is 4.14. The van der Waals surface area contributed by atoms with Gasteiger partial charge in [-0.2, -0.15) is 0 Å². The van der Waals surface area contributed by atoms with Crippen LogP contribution < -0.4 is 5.32 Å². The van der Waals surface area contributed by atoms with Crippen LogP contribution in [-0.4, -0.2) is 12.0 Å². The minimum atomic E-state index is 0.399. The Morgan fingerprint density at radius 1 is 1.38 bits per heavy atom. The number of hydrogen-bond acceptors (Lipinski definition) is 4. The minimum absolute atomic E-state index is 0.399. The van der Waals surface area contributed by atoms with Crippen LogP contribution in [0.15, 0.2) is 23.8 Å². The van der Waals surface area contributed by atoms with Crippen LogP contribution in [0.3, 0.4) is 0 Å². The summed E-state index contributed by atoms with van der Waals surface area (Å²) in [5.74, 6) is 0. The molecule has 1 unspecified atom stereocenters. The van der Waals surface area contributed by atoms with E-state index in [-0.39, 0.29) is 0 Å². The zero-order valence-electron chi connectivity index (χ0n) is 9.56. The lowest BCUT2D eigenvalue weighted by atomic mass is 10.1. The summed E-state index contributed by atoms with van der Waals surface area (Å²) in [4.78, 5) is 8.37.